The summed E-state index contributed by atoms with van der Waals surface area (Å²) in [6.07, 6.45) is 8.00. The van der Waals surface area contributed by atoms with Gasteiger partial charge in [-0.3, -0.25) is 0 Å². The summed E-state index contributed by atoms with van der Waals surface area (Å²) < 4.78 is 1.78. The molecule has 0 saturated carbocycles. The maximum atomic E-state index is 10.8. The van der Waals surface area contributed by atoms with E-state index in [-0.39, 0.29) is 24.4 Å². The second kappa shape index (κ2) is 7.52. The van der Waals surface area contributed by atoms with Gasteiger partial charge in [0, 0.05) is 23.9 Å². The van der Waals surface area contributed by atoms with E-state index in [4.69, 9.17) is 0 Å². The van der Waals surface area contributed by atoms with Crippen molar-refractivity contribution in [2.45, 2.75) is 45.4 Å². The molecule has 0 radical (unpaired) electrons. The van der Waals surface area contributed by atoms with Gasteiger partial charge in [-0.2, -0.15) is 0 Å². The van der Waals surface area contributed by atoms with Gasteiger partial charge < -0.3 is 14.3 Å². The normalized spacial score (nSPS) is 10.8. The summed E-state index contributed by atoms with van der Waals surface area (Å²) in [6, 6.07) is 3.26. The van der Waals surface area contributed by atoms with Crippen LogP contribution in [0.2, 0.25) is 0 Å². The second-order valence-corrected chi connectivity index (χ2v) is 4.91. The van der Waals surface area contributed by atoms with Gasteiger partial charge in [0.2, 0.25) is 0 Å². The molecule has 0 saturated heterocycles. The fraction of sp³-hybridized carbons (Fsp3) is 0.467. The summed E-state index contributed by atoms with van der Waals surface area (Å²) in [5.41, 5.74) is 2.02. The SMILES string of the molecule is CCCC(CCC)c1cn2cc(C(=O)[O-])ccc2n1.[Li+]. The van der Waals surface area contributed by atoms with Crippen LogP contribution >= 0.6 is 0 Å². The van der Waals surface area contributed by atoms with Crippen LogP contribution in [0.15, 0.2) is 24.5 Å². The van der Waals surface area contributed by atoms with E-state index in [1.807, 2.05) is 6.20 Å². The molecule has 0 bridgehead atoms. The monoisotopic (exact) mass is 266 g/mol. The molecule has 0 amide bonds. The van der Waals surface area contributed by atoms with Crippen LogP contribution in [0.4, 0.5) is 0 Å². The summed E-state index contributed by atoms with van der Waals surface area (Å²) in [7, 11) is 0. The molecule has 2 aromatic heterocycles. The third kappa shape index (κ3) is 3.65. The molecule has 0 atom stereocenters. The molecule has 0 aliphatic carbocycles. The molecule has 0 aliphatic heterocycles. The van der Waals surface area contributed by atoms with Crippen molar-refractivity contribution in [3.05, 3.63) is 35.8 Å². The molecule has 0 aliphatic rings. The molecule has 5 heteroatoms. The topological polar surface area (TPSA) is 57.4 Å². The molecule has 4 nitrogen and oxygen atoms in total. The van der Waals surface area contributed by atoms with Crippen LogP contribution in [-0.4, -0.2) is 15.4 Å². The van der Waals surface area contributed by atoms with E-state index in [1.165, 1.54) is 6.07 Å². The number of carboxylic acids is 1. The zero-order chi connectivity index (χ0) is 13.8. The zero-order valence-electron chi connectivity index (χ0n) is 12.4. The van der Waals surface area contributed by atoms with Crippen molar-refractivity contribution in [2.75, 3.05) is 0 Å². The Labute approximate surface area is 131 Å². The largest absolute Gasteiger partial charge is 1.00 e. The van der Waals surface area contributed by atoms with Crippen molar-refractivity contribution < 1.29 is 28.8 Å². The first-order chi connectivity index (χ1) is 9.15. The third-order valence-corrected chi connectivity index (χ3v) is 3.40. The average molecular weight is 266 g/mol. The Morgan fingerprint density at radius 2 is 1.90 bits per heavy atom. The van der Waals surface area contributed by atoms with E-state index in [0.29, 0.717) is 5.92 Å². The molecule has 0 unspecified atom stereocenters. The Bertz CT molecular complexity index is 574. The molecule has 20 heavy (non-hydrogen) atoms. The van der Waals surface area contributed by atoms with Gasteiger partial charge in [0.15, 0.2) is 0 Å². The number of fused-ring (bicyclic) bond motifs is 1. The Morgan fingerprint density at radius 1 is 1.25 bits per heavy atom. The van der Waals surface area contributed by atoms with Gasteiger partial charge in [-0.1, -0.05) is 26.7 Å². The van der Waals surface area contributed by atoms with E-state index < -0.39 is 5.97 Å². The minimum absolute atomic E-state index is 0. The first kappa shape index (κ1) is 16.8. The van der Waals surface area contributed by atoms with Crippen molar-refractivity contribution in [2.24, 2.45) is 0 Å². The van der Waals surface area contributed by atoms with Crippen LogP contribution in [0.5, 0.6) is 0 Å². The Kier molecular flexibility index (Phi) is 6.32. The number of imidazole rings is 1. The maximum absolute atomic E-state index is 10.8. The molecular weight excluding hydrogens is 247 g/mol. The number of nitrogens with zero attached hydrogens (tertiary/aromatic N) is 2. The van der Waals surface area contributed by atoms with Crippen molar-refractivity contribution >= 4 is 11.6 Å². The average Bonchev–Trinajstić information content (AvgIpc) is 2.80. The molecule has 102 valence electrons. The Hall–Kier alpha value is -1.24. The minimum atomic E-state index is -1.16. The van der Waals surface area contributed by atoms with Gasteiger partial charge in [0.1, 0.15) is 5.65 Å². The Morgan fingerprint density at radius 3 is 2.45 bits per heavy atom. The smallest absolute Gasteiger partial charge is 0.545 e. The molecular formula is C15H19LiN2O2. The maximum Gasteiger partial charge on any atom is 1.00 e. The number of carbonyl (C=O) groups is 1. The fourth-order valence-corrected chi connectivity index (χ4v) is 2.47. The van der Waals surface area contributed by atoms with Crippen LogP contribution in [0.3, 0.4) is 0 Å². The summed E-state index contributed by atoms with van der Waals surface area (Å²) in [4.78, 5) is 15.4. The number of hydrogen-bond acceptors (Lipinski definition) is 3. The van der Waals surface area contributed by atoms with Gasteiger partial charge >= 0.3 is 18.9 Å². The minimum Gasteiger partial charge on any atom is -0.545 e. The van der Waals surface area contributed by atoms with Crippen molar-refractivity contribution in [3.63, 3.8) is 0 Å². The van der Waals surface area contributed by atoms with E-state index >= 15 is 0 Å². The predicted octanol–water partition coefficient (Wildman–Crippen LogP) is -0.614. The van der Waals surface area contributed by atoms with Gasteiger partial charge in [-0.25, -0.2) is 4.98 Å². The van der Waals surface area contributed by atoms with Gasteiger partial charge in [0.05, 0.1) is 11.7 Å². The van der Waals surface area contributed by atoms with Gasteiger partial charge in [-0.15, -0.1) is 0 Å². The van der Waals surface area contributed by atoms with Crippen LogP contribution in [0, 0.1) is 0 Å². The zero-order valence-corrected chi connectivity index (χ0v) is 12.4. The fourth-order valence-electron chi connectivity index (χ4n) is 2.47. The number of aromatic carboxylic acids is 1. The van der Waals surface area contributed by atoms with Gasteiger partial charge in [0.25, 0.3) is 0 Å². The van der Waals surface area contributed by atoms with Crippen LogP contribution in [0.25, 0.3) is 5.65 Å². The molecule has 0 N–H and O–H groups in total. The van der Waals surface area contributed by atoms with E-state index in [0.717, 1.165) is 37.0 Å². The van der Waals surface area contributed by atoms with Crippen molar-refractivity contribution in [3.8, 4) is 0 Å². The summed E-state index contributed by atoms with van der Waals surface area (Å²) >= 11 is 0. The number of aromatic nitrogens is 2. The van der Waals surface area contributed by atoms with E-state index in [2.05, 4.69) is 18.8 Å². The number of pyridine rings is 1. The standard InChI is InChI=1S/C15H20N2O2.Li/c1-3-5-11(6-4-2)13-10-17-9-12(15(18)19)7-8-14(17)16-13;/h7-11H,3-6H2,1-2H3,(H,18,19);/q;+1/p-1. The molecule has 0 aromatic carbocycles. The molecule has 0 spiro atoms. The van der Waals surface area contributed by atoms with Crippen molar-refractivity contribution in [1.82, 2.24) is 9.38 Å². The number of carbonyl (C=O) groups excluding carboxylic acids is 1. The summed E-state index contributed by atoms with van der Waals surface area (Å²) in [5.74, 6) is -0.697. The van der Waals surface area contributed by atoms with Crippen LogP contribution in [-0.2, 0) is 0 Å². The summed E-state index contributed by atoms with van der Waals surface area (Å²) in [5, 5.41) is 10.8. The first-order valence-corrected chi connectivity index (χ1v) is 6.85. The third-order valence-electron chi connectivity index (χ3n) is 3.40. The first-order valence-electron chi connectivity index (χ1n) is 6.85. The Balaban J connectivity index is 0.00000200. The second-order valence-electron chi connectivity index (χ2n) is 4.91. The molecule has 2 aromatic rings. The molecule has 0 fully saturated rings. The number of rotatable bonds is 6. The summed E-state index contributed by atoms with van der Waals surface area (Å²) in [6.45, 7) is 4.35. The van der Waals surface area contributed by atoms with Gasteiger partial charge in [-0.05, 0) is 25.0 Å². The number of carboxylic acid groups (broad SMARTS) is 1. The number of hydrogen-bond donors (Lipinski definition) is 0. The quantitative estimate of drug-likeness (QED) is 0.655. The van der Waals surface area contributed by atoms with Crippen molar-refractivity contribution in [1.29, 1.82) is 0 Å². The molecule has 2 heterocycles. The van der Waals surface area contributed by atoms with E-state index in [1.54, 1.807) is 16.7 Å². The van der Waals surface area contributed by atoms with E-state index in [9.17, 15) is 9.90 Å². The predicted molar refractivity (Wildman–Crippen MR) is 72.1 cm³/mol. The van der Waals surface area contributed by atoms with Crippen LogP contribution in [0.1, 0.15) is 61.5 Å². The van der Waals surface area contributed by atoms with Crippen LogP contribution < -0.4 is 24.0 Å². The molecule has 2 rings (SSSR count).